The third kappa shape index (κ3) is 4.79. The molecule has 0 aliphatic carbocycles. The first kappa shape index (κ1) is 19.2. The smallest absolute Gasteiger partial charge is 0.269 e. The summed E-state index contributed by atoms with van der Waals surface area (Å²) in [6.45, 7) is 0.0243. The van der Waals surface area contributed by atoms with Gasteiger partial charge in [-0.05, 0) is 54.4 Å². The Bertz CT molecular complexity index is 969. The van der Waals surface area contributed by atoms with Crippen molar-refractivity contribution in [1.82, 2.24) is 15.5 Å². The van der Waals surface area contributed by atoms with E-state index in [1.807, 2.05) is 0 Å². The molecule has 2 aromatic carbocycles. The van der Waals surface area contributed by atoms with Gasteiger partial charge in [-0.3, -0.25) is 14.7 Å². The van der Waals surface area contributed by atoms with Crippen molar-refractivity contribution < 1.29 is 18.4 Å². The van der Waals surface area contributed by atoms with Crippen LogP contribution in [0.25, 0.3) is 11.3 Å². The molecule has 2 amide bonds. The second-order valence-electron chi connectivity index (χ2n) is 6.31. The van der Waals surface area contributed by atoms with E-state index in [1.165, 1.54) is 30.3 Å². The van der Waals surface area contributed by atoms with Gasteiger partial charge in [0, 0.05) is 12.1 Å². The summed E-state index contributed by atoms with van der Waals surface area (Å²) in [5, 5.41) is 9.29. The molecular weight excluding hydrogens is 366 g/mol. The Hall–Kier alpha value is -3.55. The topological polar surface area (TPSA) is 101 Å². The maximum absolute atomic E-state index is 13.0. The Morgan fingerprint density at radius 1 is 1.04 bits per heavy atom. The molecule has 8 heteroatoms. The molecule has 0 spiro atoms. The van der Waals surface area contributed by atoms with Gasteiger partial charge >= 0.3 is 0 Å². The second-order valence-corrected chi connectivity index (χ2v) is 6.31. The number of carbonyl (C=O) groups excluding carboxylic acids is 2. The third-order valence-corrected chi connectivity index (χ3v) is 4.27. The summed E-state index contributed by atoms with van der Waals surface area (Å²) in [6.07, 6.45) is 0.277. The predicted molar refractivity (Wildman–Crippen MR) is 99.1 cm³/mol. The molecule has 0 bridgehead atoms. The normalized spacial score (nSPS) is 11.8. The number of nitrogens with zero attached hydrogens (tertiary/aromatic N) is 1. The number of benzene rings is 2. The van der Waals surface area contributed by atoms with E-state index in [4.69, 9.17) is 5.73 Å². The molecule has 1 aromatic heterocycles. The number of amides is 2. The number of hydrogen-bond donors (Lipinski definition) is 3. The van der Waals surface area contributed by atoms with Crippen LogP contribution in [0.1, 0.15) is 16.1 Å². The van der Waals surface area contributed by atoms with Crippen LogP contribution in [0, 0.1) is 17.6 Å². The molecule has 0 fully saturated rings. The second kappa shape index (κ2) is 8.43. The van der Waals surface area contributed by atoms with Crippen LogP contribution in [0.5, 0.6) is 0 Å². The fourth-order valence-electron chi connectivity index (χ4n) is 2.70. The Kier molecular flexibility index (Phi) is 5.78. The van der Waals surface area contributed by atoms with Gasteiger partial charge in [0.2, 0.25) is 5.91 Å². The van der Waals surface area contributed by atoms with Crippen molar-refractivity contribution in [2.75, 3.05) is 6.54 Å². The van der Waals surface area contributed by atoms with Crippen LogP contribution in [0.4, 0.5) is 8.78 Å². The predicted octanol–water partition coefficient (Wildman–Crippen LogP) is 2.43. The summed E-state index contributed by atoms with van der Waals surface area (Å²) < 4.78 is 26.0. The van der Waals surface area contributed by atoms with E-state index >= 15 is 0 Å². The lowest BCUT2D eigenvalue weighted by atomic mass is 9.98. The number of rotatable bonds is 7. The SMILES string of the molecule is NC(=O)[C@@H](CNC(=O)c1cc(-c2ccc(F)cc2)n[nH]1)Cc1ccc(F)cc1. The Labute approximate surface area is 159 Å². The molecule has 0 saturated carbocycles. The fraction of sp³-hybridized carbons (Fsp3) is 0.150. The number of nitrogens with two attached hydrogens (primary N) is 1. The van der Waals surface area contributed by atoms with Gasteiger partial charge in [-0.2, -0.15) is 5.10 Å². The Balaban J connectivity index is 1.62. The van der Waals surface area contributed by atoms with Crippen LogP contribution >= 0.6 is 0 Å². The lowest BCUT2D eigenvalue weighted by Gasteiger charge is -2.14. The van der Waals surface area contributed by atoms with Gasteiger partial charge < -0.3 is 11.1 Å². The van der Waals surface area contributed by atoms with Gasteiger partial charge in [0.25, 0.3) is 5.91 Å². The minimum atomic E-state index is -0.645. The molecule has 0 aliphatic rings. The average Bonchev–Trinajstić information content (AvgIpc) is 3.17. The molecule has 0 radical (unpaired) electrons. The van der Waals surface area contributed by atoms with Crippen molar-refractivity contribution in [2.45, 2.75) is 6.42 Å². The van der Waals surface area contributed by atoms with Gasteiger partial charge in [-0.1, -0.05) is 12.1 Å². The number of H-pyrrole nitrogens is 1. The van der Waals surface area contributed by atoms with E-state index in [-0.39, 0.29) is 30.3 Å². The van der Waals surface area contributed by atoms with E-state index in [0.29, 0.717) is 11.3 Å². The van der Waals surface area contributed by atoms with Crippen LogP contribution in [-0.4, -0.2) is 28.6 Å². The Morgan fingerprint density at radius 3 is 2.25 bits per heavy atom. The van der Waals surface area contributed by atoms with Crippen molar-refractivity contribution in [3.8, 4) is 11.3 Å². The minimum absolute atomic E-state index is 0.0243. The minimum Gasteiger partial charge on any atom is -0.369 e. The molecule has 0 saturated heterocycles. The number of hydrogen-bond acceptors (Lipinski definition) is 3. The number of primary amides is 1. The van der Waals surface area contributed by atoms with E-state index in [2.05, 4.69) is 15.5 Å². The summed E-state index contributed by atoms with van der Waals surface area (Å²) >= 11 is 0. The number of nitrogens with one attached hydrogen (secondary N) is 2. The summed E-state index contributed by atoms with van der Waals surface area (Å²) in [6, 6.07) is 13.0. The highest BCUT2D eigenvalue weighted by atomic mass is 19.1. The molecular formula is C20H18F2N4O2. The van der Waals surface area contributed by atoms with Gasteiger partial charge in [-0.25, -0.2) is 8.78 Å². The molecule has 0 unspecified atom stereocenters. The molecule has 1 atom stereocenters. The fourth-order valence-corrected chi connectivity index (χ4v) is 2.70. The first-order chi connectivity index (χ1) is 13.4. The summed E-state index contributed by atoms with van der Waals surface area (Å²) in [5.41, 5.74) is 7.50. The molecule has 3 aromatic rings. The standard InChI is InChI=1S/C20H18F2N4O2/c21-15-5-1-12(2-6-15)9-14(19(23)27)11-24-20(28)18-10-17(25-26-18)13-3-7-16(22)8-4-13/h1-8,10,14H,9,11H2,(H2,23,27)(H,24,28)(H,25,26)/t14-/m1/s1. The first-order valence-electron chi connectivity index (χ1n) is 8.55. The van der Waals surface area contributed by atoms with E-state index in [1.54, 1.807) is 24.3 Å². The van der Waals surface area contributed by atoms with Gasteiger partial charge in [0.1, 0.15) is 17.3 Å². The molecule has 144 valence electrons. The number of aromatic amines is 1. The van der Waals surface area contributed by atoms with Crippen LogP contribution in [0.2, 0.25) is 0 Å². The highest BCUT2D eigenvalue weighted by Gasteiger charge is 2.19. The molecule has 0 aliphatic heterocycles. The number of halogens is 2. The molecule has 4 N–H and O–H groups in total. The zero-order chi connectivity index (χ0) is 20.1. The number of carbonyl (C=O) groups is 2. The zero-order valence-corrected chi connectivity index (χ0v) is 14.8. The van der Waals surface area contributed by atoms with Crippen molar-refractivity contribution in [1.29, 1.82) is 0 Å². The summed E-state index contributed by atoms with van der Waals surface area (Å²) in [5.74, 6) is -2.40. The Morgan fingerprint density at radius 2 is 1.64 bits per heavy atom. The maximum atomic E-state index is 13.0. The maximum Gasteiger partial charge on any atom is 0.269 e. The van der Waals surface area contributed by atoms with Gasteiger partial charge in [0.05, 0.1) is 11.6 Å². The average molecular weight is 384 g/mol. The van der Waals surface area contributed by atoms with Crippen molar-refractivity contribution in [3.63, 3.8) is 0 Å². The van der Waals surface area contributed by atoms with Crippen LogP contribution < -0.4 is 11.1 Å². The van der Waals surface area contributed by atoms with E-state index in [9.17, 15) is 18.4 Å². The highest BCUT2D eigenvalue weighted by molar-refractivity contribution is 5.93. The van der Waals surface area contributed by atoms with Crippen LogP contribution in [-0.2, 0) is 11.2 Å². The van der Waals surface area contributed by atoms with E-state index < -0.39 is 17.7 Å². The third-order valence-electron chi connectivity index (χ3n) is 4.27. The highest BCUT2D eigenvalue weighted by Crippen LogP contribution is 2.18. The van der Waals surface area contributed by atoms with Gasteiger partial charge in [0.15, 0.2) is 0 Å². The molecule has 6 nitrogen and oxygen atoms in total. The van der Waals surface area contributed by atoms with Crippen molar-refractivity contribution >= 4 is 11.8 Å². The molecule has 3 rings (SSSR count). The first-order valence-corrected chi connectivity index (χ1v) is 8.55. The quantitative estimate of drug-likeness (QED) is 0.583. The lowest BCUT2D eigenvalue weighted by Crippen LogP contribution is -2.37. The number of aromatic nitrogens is 2. The lowest BCUT2D eigenvalue weighted by molar-refractivity contribution is -0.121. The van der Waals surface area contributed by atoms with E-state index in [0.717, 1.165) is 5.56 Å². The van der Waals surface area contributed by atoms with Crippen molar-refractivity contribution in [2.24, 2.45) is 11.7 Å². The summed E-state index contributed by atoms with van der Waals surface area (Å²) in [7, 11) is 0. The van der Waals surface area contributed by atoms with Gasteiger partial charge in [-0.15, -0.1) is 0 Å². The van der Waals surface area contributed by atoms with Crippen LogP contribution in [0.3, 0.4) is 0 Å². The monoisotopic (exact) mass is 384 g/mol. The van der Waals surface area contributed by atoms with Crippen LogP contribution in [0.15, 0.2) is 54.6 Å². The summed E-state index contributed by atoms with van der Waals surface area (Å²) in [4.78, 5) is 24.0. The molecule has 1 heterocycles. The van der Waals surface area contributed by atoms with Crippen molar-refractivity contribution in [3.05, 3.63) is 77.5 Å². The largest absolute Gasteiger partial charge is 0.369 e. The zero-order valence-electron chi connectivity index (χ0n) is 14.8. The molecule has 28 heavy (non-hydrogen) atoms.